The zero-order chi connectivity index (χ0) is 19.2. The lowest BCUT2D eigenvalue weighted by Crippen LogP contribution is -2.23. The molecule has 0 aliphatic heterocycles. The number of aromatic nitrogens is 2. The molecule has 0 atom stereocenters. The molecule has 11 heteroatoms. The second kappa shape index (κ2) is 8.38. The Labute approximate surface area is 162 Å². The molecule has 2 aromatic carbocycles. The fourth-order valence-corrected chi connectivity index (χ4v) is 2.87. The lowest BCUT2D eigenvalue weighted by atomic mass is 10.2. The molecule has 1 heterocycles. The zero-order valence-electron chi connectivity index (χ0n) is 13.6. The van der Waals surface area contributed by atoms with Gasteiger partial charge in [-0.25, -0.2) is 0 Å². The highest BCUT2D eigenvalue weighted by atomic mass is 32.2. The summed E-state index contributed by atoms with van der Waals surface area (Å²) in [5.74, 6) is 0.341. The van der Waals surface area contributed by atoms with E-state index in [1.165, 1.54) is 12.3 Å². The van der Waals surface area contributed by atoms with Gasteiger partial charge in [0, 0.05) is 17.2 Å². The Hall–Kier alpha value is -3.31. The van der Waals surface area contributed by atoms with Gasteiger partial charge in [-0.3, -0.25) is 15.5 Å². The van der Waals surface area contributed by atoms with Gasteiger partial charge in [0.15, 0.2) is 5.11 Å². The summed E-state index contributed by atoms with van der Waals surface area (Å²) in [5.41, 5.74) is 8.81. The number of hydrazone groups is 1. The Morgan fingerprint density at radius 3 is 2.78 bits per heavy atom. The molecule has 27 heavy (non-hydrogen) atoms. The Kier molecular flexibility index (Phi) is 5.74. The molecule has 3 aromatic rings. The first-order chi connectivity index (χ1) is 13.0. The molecule has 0 amide bonds. The van der Waals surface area contributed by atoms with Gasteiger partial charge in [0.25, 0.3) is 10.9 Å². The minimum Gasteiger partial charge on any atom is -0.411 e. The average molecular weight is 400 g/mol. The fourth-order valence-electron chi connectivity index (χ4n) is 2.06. The largest absolute Gasteiger partial charge is 0.411 e. The van der Waals surface area contributed by atoms with E-state index in [2.05, 4.69) is 32.9 Å². The number of hydrogen-bond donors (Lipinski definition) is 2. The second-order valence-corrected chi connectivity index (χ2v) is 6.49. The number of nitrogens with one attached hydrogen (secondary N) is 1. The van der Waals surface area contributed by atoms with E-state index in [4.69, 9.17) is 10.2 Å². The van der Waals surface area contributed by atoms with Gasteiger partial charge in [0.1, 0.15) is 0 Å². The first kappa shape index (κ1) is 18.5. The smallest absolute Gasteiger partial charge is 0.284 e. The summed E-state index contributed by atoms with van der Waals surface area (Å²) in [7, 11) is 0. The molecule has 0 saturated carbocycles. The predicted molar refractivity (Wildman–Crippen MR) is 104 cm³/mol. The highest BCUT2D eigenvalue weighted by molar-refractivity contribution is 7.99. The van der Waals surface area contributed by atoms with Crippen LogP contribution in [-0.4, -0.2) is 26.4 Å². The van der Waals surface area contributed by atoms with Crippen molar-refractivity contribution in [1.29, 1.82) is 0 Å². The molecule has 0 aliphatic carbocycles. The van der Waals surface area contributed by atoms with Crippen molar-refractivity contribution in [3.8, 4) is 11.5 Å². The standard InChI is InChI=1S/C16H12N6O3S2/c17-15(26)20-18-9-10-6-7-13(12(8-10)22(23)24)27-16-21-19-14(25-16)11-4-2-1-3-5-11/h1-9H,(H3,17,20,26)/b18-9+. The van der Waals surface area contributed by atoms with Crippen LogP contribution in [0.15, 0.2) is 68.2 Å². The molecule has 0 spiro atoms. The van der Waals surface area contributed by atoms with Crippen LogP contribution < -0.4 is 11.2 Å². The van der Waals surface area contributed by atoms with Crippen LogP contribution in [0.25, 0.3) is 11.5 Å². The van der Waals surface area contributed by atoms with E-state index in [0.717, 1.165) is 17.3 Å². The van der Waals surface area contributed by atoms with Crippen molar-refractivity contribution in [2.75, 3.05) is 0 Å². The molecule has 3 N–H and O–H groups in total. The minimum absolute atomic E-state index is 0.00135. The van der Waals surface area contributed by atoms with Crippen LogP contribution in [0.5, 0.6) is 0 Å². The first-order valence-electron chi connectivity index (χ1n) is 7.46. The van der Waals surface area contributed by atoms with Crippen LogP contribution in [0.2, 0.25) is 0 Å². The summed E-state index contributed by atoms with van der Waals surface area (Å²) in [5, 5.41) is 23.3. The van der Waals surface area contributed by atoms with Crippen LogP contribution in [0.4, 0.5) is 5.69 Å². The van der Waals surface area contributed by atoms with Crippen molar-refractivity contribution in [2.24, 2.45) is 10.8 Å². The monoisotopic (exact) mass is 400 g/mol. The van der Waals surface area contributed by atoms with Gasteiger partial charge in [0.2, 0.25) is 5.89 Å². The normalized spacial score (nSPS) is 10.8. The number of nitrogens with two attached hydrogens (primary N) is 1. The van der Waals surface area contributed by atoms with E-state index in [9.17, 15) is 10.1 Å². The minimum atomic E-state index is -0.491. The maximum Gasteiger partial charge on any atom is 0.284 e. The van der Waals surface area contributed by atoms with Gasteiger partial charge in [-0.2, -0.15) is 5.10 Å². The summed E-state index contributed by atoms with van der Waals surface area (Å²) in [6.45, 7) is 0. The van der Waals surface area contributed by atoms with Crippen molar-refractivity contribution in [1.82, 2.24) is 15.6 Å². The van der Waals surface area contributed by atoms with Crippen molar-refractivity contribution in [3.05, 3.63) is 64.2 Å². The predicted octanol–water partition coefficient (Wildman–Crippen LogP) is 2.96. The number of hydrogen-bond acceptors (Lipinski definition) is 8. The van der Waals surface area contributed by atoms with Crippen LogP contribution in [0.1, 0.15) is 5.56 Å². The van der Waals surface area contributed by atoms with Crippen molar-refractivity contribution < 1.29 is 9.34 Å². The van der Waals surface area contributed by atoms with Gasteiger partial charge in [-0.05, 0) is 42.2 Å². The average Bonchev–Trinajstić information content (AvgIpc) is 3.11. The van der Waals surface area contributed by atoms with E-state index in [-0.39, 0.29) is 16.0 Å². The summed E-state index contributed by atoms with van der Waals surface area (Å²) < 4.78 is 5.58. The molecular weight excluding hydrogens is 388 g/mol. The SMILES string of the molecule is NC(=S)N/N=C/c1ccc(Sc2nnc(-c3ccccc3)o2)c([N+](=O)[O-])c1. The molecule has 0 fully saturated rings. The summed E-state index contributed by atoms with van der Waals surface area (Å²) in [4.78, 5) is 11.3. The van der Waals surface area contributed by atoms with Gasteiger partial charge in [-0.15, -0.1) is 10.2 Å². The van der Waals surface area contributed by atoms with Crippen molar-refractivity contribution in [3.63, 3.8) is 0 Å². The Bertz CT molecular complexity index is 1010. The zero-order valence-corrected chi connectivity index (χ0v) is 15.2. The van der Waals surface area contributed by atoms with E-state index < -0.39 is 4.92 Å². The molecule has 0 aliphatic rings. The number of nitrogens with zero attached hydrogens (tertiary/aromatic N) is 4. The topological polar surface area (TPSA) is 132 Å². The third-order valence-electron chi connectivity index (χ3n) is 3.19. The molecule has 0 unspecified atom stereocenters. The maximum absolute atomic E-state index is 11.4. The lowest BCUT2D eigenvalue weighted by Gasteiger charge is -2.01. The van der Waals surface area contributed by atoms with Crippen LogP contribution in [0, 0.1) is 10.1 Å². The Morgan fingerprint density at radius 1 is 1.30 bits per heavy atom. The van der Waals surface area contributed by atoms with E-state index >= 15 is 0 Å². The summed E-state index contributed by atoms with van der Waals surface area (Å²) in [6, 6.07) is 13.9. The van der Waals surface area contributed by atoms with Crippen molar-refractivity contribution in [2.45, 2.75) is 10.1 Å². The second-order valence-electron chi connectivity index (χ2n) is 5.06. The summed E-state index contributed by atoms with van der Waals surface area (Å²) >= 11 is 5.64. The van der Waals surface area contributed by atoms with E-state index in [1.54, 1.807) is 12.1 Å². The van der Waals surface area contributed by atoms with E-state index in [0.29, 0.717) is 16.3 Å². The third-order valence-corrected chi connectivity index (χ3v) is 4.19. The van der Waals surface area contributed by atoms with Gasteiger partial charge < -0.3 is 10.2 Å². The number of rotatable bonds is 6. The fraction of sp³-hybridized carbons (Fsp3) is 0. The molecule has 3 rings (SSSR count). The van der Waals surface area contributed by atoms with E-state index in [1.807, 2.05) is 30.3 Å². The molecule has 0 saturated heterocycles. The number of thiocarbonyl (C=S) groups is 1. The first-order valence-corrected chi connectivity index (χ1v) is 8.69. The third kappa shape index (κ3) is 4.86. The molecule has 0 bridgehead atoms. The molecule has 136 valence electrons. The molecule has 1 aromatic heterocycles. The number of benzene rings is 2. The van der Waals surface area contributed by atoms with Crippen molar-refractivity contribution >= 4 is 41.0 Å². The quantitative estimate of drug-likeness (QED) is 0.277. The van der Waals surface area contributed by atoms with Crippen LogP contribution in [-0.2, 0) is 0 Å². The molecule has 0 radical (unpaired) electrons. The number of nitro benzene ring substituents is 1. The Balaban J connectivity index is 1.82. The van der Waals surface area contributed by atoms with Gasteiger partial charge in [0.05, 0.1) is 16.0 Å². The number of nitro groups is 1. The Morgan fingerprint density at radius 2 is 2.07 bits per heavy atom. The summed E-state index contributed by atoms with van der Waals surface area (Å²) in [6.07, 6.45) is 1.38. The highest BCUT2D eigenvalue weighted by Crippen LogP contribution is 2.35. The highest BCUT2D eigenvalue weighted by Gasteiger charge is 2.18. The van der Waals surface area contributed by atoms with Crippen LogP contribution >= 0.6 is 24.0 Å². The molecular formula is C16H12N6O3S2. The van der Waals surface area contributed by atoms with Gasteiger partial charge in [-0.1, -0.05) is 24.3 Å². The molecule has 9 nitrogen and oxygen atoms in total. The maximum atomic E-state index is 11.4. The van der Waals surface area contributed by atoms with Crippen LogP contribution in [0.3, 0.4) is 0 Å². The lowest BCUT2D eigenvalue weighted by molar-refractivity contribution is -0.387. The van der Waals surface area contributed by atoms with Gasteiger partial charge >= 0.3 is 0 Å².